The summed E-state index contributed by atoms with van der Waals surface area (Å²) in [5.74, 6) is -0.309. The molecule has 0 rings (SSSR count). The molecule has 0 aliphatic heterocycles. The molecule has 0 saturated heterocycles. The van der Waals surface area contributed by atoms with Crippen molar-refractivity contribution in [1.82, 2.24) is 0 Å². The van der Waals surface area contributed by atoms with Crippen molar-refractivity contribution in [3.63, 3.8) is 0 Å². The smallest absolute Gasteiger partial charge is 0.307 e. The highest BCUT2D eigenvalue weighted by molar-refractivity contribution is 5.68. The maximum atomic E-state index is 10.7. The Balaban J connectivity index is 3.29. The first-order chi connectivity index (χ1) is 6.20. The minimum Gasteiger partial charge on any atom is -0.436 e. The monoisotopic (exact) mass is 189 g/mol. The van der Waals surface area contributed by atoms with Crippen molar-refractivity contribution in [2.24, 2.45) is 0 Å². The Morgan fingerprint density at radius 3 is 2.62 bits per heavy atom. The molecular weight excluding hydrogens is 172 g/mol. The van der Waals surface area contributed by atoms with Crippen LogP contribution in [0.25, 0.3) is 0 Å². The Morgan fingerprint density at radius 2 is 2.08 bits per heavy atom. The van der Waals surface area contributed by atoms with Gasteiger partial charge >= 0.3 is 5.97 Å². The summed E-state index contributed by atoms with van der Waals surface area (Å²) in [4.78, 5) is 10.7. The lowest BCUT2D eigenvalue weighted by molar-refractivity contribution is -0.171. The predicted molar refractivity (Wildman–Crippen MR) is 48.0 cm³/mol. The molecule has 0 spiro atoms. The third kappa shape index (κ3) is 7.74. The van der Waals surface area contributed by atoms with Gasteiger partial charge in [-0.1, -0.05) is 6.92 Å². The van der Waals surface area contributed by atoms with Gasteiger partial charge in [-0.2, -0.15) is 0 Å². The minimum absolute atomic E-state index is 0.309. The van der Waals surface area contributed by atoms with Crippen molar-refractivity contribution in [3.05, 3.63) is 6.92 Å². The molecule has 0 aliphatic carbocycles. The molecule has 1 radical (unpaired) electrons. The molecule has 77 valence electrons. The topological polar surface area (TPSA) is 44.8 Å². The lowest BCUT2D eigenvalue weighted by Crippen LogP contribution is -2.20. The fourth-order valence-corrected chi connectivity index (χ4v) is 0.647. The van der Waals surface area contributed by atoms with E-state index in [2.05, 4.69) is 6.92 Å². The Morgan fingerprint density at radius 1 is 1.38 bits per heavy atom. The number of carbonyl (C=O) groups is 1. The number of rotatable bonds is 7. The molecule has 1 atom stereocenters. The van der Waals surface area contributed by atoms with Crippen LogP contribution in [-0.4, -0.2) is 32.1 Å². The molecule has 1 unspecified atom stereocenters. The van der Waals surface area contributed by atoms with Gasteiger partial charge in [0, 0.05) is 20.0 Å². The first kappa shape index (κ1) is 12.4. The zero-order chi connectivity index (χ0) is 10.1. The van der Waals surface area contributed by atoms with Gasteiger partial charge in [0.1, 0.15) is 0 Å². The Bertz CT molecular complexity index is 136. The summed E-state index contributed by atoms with van der Waals surface area (Å²) in [5, 5.41) is 0. The number of ether oxygens (including phenoxy) is 3. The van der Waals surface area contributed by atoms with E-state index in [-0.39, 0.29) is 5.97 Å². The van der Waals surface area contributed by atoms with E-state index in [0.29, 0.717) is 26.2 Å². The van der Waals surface area contributed by atoms with Gasteiger partial charge < -0.3 is 14.2 Å². The molecule has 0 saturated carbocycles. The summed E-state index contributed by atoms with van der Waals surface area (Å²) in [6.07, 6.45) is -0.395. The molecule has 4 heteroatoms. The molecule has 0 N–H and O–H groups in total. The van der Waals surface area contributed by atoms with E-state index in [1.165, 1.54) is 0 Å². The first-order valence-corrected chi connectivity index (χ1v) is 4.42. The van der Waals surface area contributed by atoms with Gasteiger partial charge in [-0.25, -0.2) is 0 Å². The van der Waals surface area contributed by atoms with Gasteiger partial charge in [-0.15, -0.1) is 0 Å². The van der Waals surface area contributed by atoms with E-state index in [4.69, 9.17) is 14.2 Å². The zero-order valence-electron chi connectivity index (χ0n) is 8.25. The molecule has 0 heterocycles. The normalized spacial score (nSPS) is 12.5. The zero-order valence-corrected chi connectivity index (χ0v) is 8.25. The maximum absolute atomic E-state index is 10.7. The van der Waals surface area contributed by atoms with Crippen molar-refractivity contribution in [3.8, 4) is 0 Å². The van der Waals surface area contributed by atoms with Crippen LogP contribution in [0.4, 0.5) is 0 Å². The van der Waals surface area contributed by atoms with E-state index >= 15 is 0 Å². The van der Waals surface area contributed by atoms with Crippen LogP contribution in [0.15, 0.2) is 0 Å². The fraction of sp³-hybridized carbons (Fsp3) is 0.778. The van der Waals surface area contributed by atoms with E-state index in [9.17, 15) is 4.79 Å². The van der Waals surface area contributed by atoms with Crippen molar-refractivity contribution >= 4 is 5.97 Å². The molecule has 0 aromatic heterocycles. The average molecular weight is 189 g/mol. The summed E-state index contributed by atoms with van der Waals surface area (Å²) in [5.41, 5.74) is 0. The van der Waals surface area contributed by atoms with Crippen LogP contribution >= 0.6 is 0 Å². The molecule has 0 aliphatic rings. The quantitative estimate of drug-likeness (QED) is 0.342. The number of carbonyl (C=O) groups excluding carboxylic acids is 1. The van der Waals surface area contributed by atoms with E-state index in [1.54, 1.807) is 6.92 Å². The van der Waals surface area contributed by atoms with Gasteiger partial charge in [-0.3, -0.25) is 4.79 Å². The van der Waals surface area contributed by atoms with Crippen LogP contribution in [0.5, 0.6) is 0 Å². The second-order valence-electron chi connectivity index (χ2n) is 2.34. The largest absolute Gasteiger partial charge is 0.436 e. The molecule has 13 heavy (non-hydrogen) atoms. The van der Waals surface area contributed by atoms with Crippen LogP contribution < -0.4 is 0 Å². The average Bonchev–Trinajstić information content (AvgIpc) is 2.12. The van der Waals surface area contributed by atoms with Crippen molar-refractivity contribution < 1.29 is 19.0 Å². The second-order valence-corrected chi connectivity index (χ2v) is 2.34. The minimum atomic E-state index is -0.729. The molecule has 0 aromatic rings. The van der Waals surface area contributed by atoms with Crippen LogP contribution in [0, 0.1) is 6.92 Å². The van der Waals surface area contributed by atoms with Crippen molar-refractivity contribution in [2.45, 2.75) is 26.6 Å². The standard InChI is InChI=1S/C9H17O4/c1-4-9(10)13-8(3)12-7-6-11-5-2/h8H,3-7H2,1-2H3. The molecule has 0 aromatic carbocycles. The first-order valence-electron chi connectivity index (χ1n) is 4.42. The maximum Gasteiger partial charge on any atom is 0.307 e. The number of hydrogen-bond acceptors (Lipinski definition) is 4. The fourth-order valence-electron chi connectivity index (χ4n) is 0.647. The third-order valence-corrected chi connectivity index (χ3v) is 1.29. The van der Waals surface area contributed by atoms with Gasteiger partial charge in [0.2, 0.25) is 6.29 Å². The lowest BCUT2D eigenvalue weighted by Gasteiger charge is -2.12. The van der Waals surface area contributed by atoms with Crippen LogP contribution in [0.3, 0.4) is 0 Å². The van der Waals surface area contributed by atoms with Crippen LogP contribution in [0.2, 0.25) is 0 Å². The molecule has 0 fully saturated rings. The Labute approximate surface area is 79.2 Å². The summed E-state index contributed by atoms with van der Waals surface area (Å²) in [6.45, 7) is 8.65. The van der Waals surface area contributed by atoms with Gasteiger partial charge in [-0.05, 0) is 6.92 Å². The third-order valence-electron chi connectivity index (χ3n) is 1.29. The molecule has 0 amide bonds. The van der Waals surface area contributed by atoms with E-state index in [1.807, 2.05) is 6.92 Å². The van der Waals surface area contributed by atoms with Crippen molar-refractivity contribution in [1.29, 1.82) is 0 Å². The Kier molecular flexibility index (Phi) is 7.63. The van der Waals surface area contributed by atoms with Gasteiger partial charge in [0.25, 0.3) is 0 Å². The van der Waals surface area contributed by atoms with Gasteiger partial charge in [0.15, 0.2) is 0 Å². The number of hydrogen-bond donors (Lipinski definition) is 0. The molecular formula is C9H17O4. The lowest BCUT2D eigenvalue weighted by atomic mass is 10.5. The highest BCUT2D eigenvalue weighted by Gasteiger charge is 2.06. The summed E-state index contributed by atoms with van der Waals surface area (Å²) < 4.78 is 14.8. The molecule has 0 bridgehead atoms. The predicted octanol–water partition coefficient (Wildman–Crippen LogP) is 1.15. The second kappa shape index (κ2) is 8.01. The SMILES string of the molecule is [CH2]C(OCCOCC)OC(=O)CC. The van der Waals surface area contributed by atoms with Crippen LogP contribution in [0.1, 0.15) is 20.3 Å². The summed E-state index contributed by atoms with van der Waals surface area (Å²) in [7, 11) is 0. The number of esters is 1. The summed E-state index contributed by atoms with van der Waals surface area (Å²) in [6, 6.07) is 0. The van der Waals surface area contributed by atoms with Crippen LogP contribution in [-0.2, 0) is 19.0 Å². The van der Waals surface area contributed by atoms with E-state index in [0.717, 1.165) is 0 Å². The molecule has 4 nitrogen and oxygen atoms in total. The van der Waals surface area contributed by atoms with Gasteiger partial charge in [0.05, 0.1) is 13.2 Å². The Hall–Kier alpha value is -0.610. The highest BCUT2D eigenvalue weighted by Crippen LogP contribution is 1.95. The van der Waals surface area contributed by atoms with E-state index < -0.39 is 6.29 Å². The highest BCUT2D eigenvalue weighted by atomic mass is 16.7. The van der Waals surface area contributed by atoms with Crippen molar-refractivity contribution in [2.75, 3.05) is 19.8 Å². The summed E-state index contributed by atoms with van der Waals surface area (Å²) >= 11 is 0.